The number of hydrogen-bond acceptors (Lipinski definition) is 32. The normalized spacial score (nSPS) is 50.5. The molecule has 0 saturated carbocycles. The molecule has 32 heteroatoms. The average Bonchev–Trinajstić information content (AvgIpc) is 3.40. The van der Waals surface area contributed by atoms with Crippen LogP contribution in [0.3, 0.4) is 0 Å². The molecule has 22 aliphatic rings. The van der Waals surface area contributed by atoms with Gasteiger partial charge in [0.05, 0.1) is 45.2 Å². The molecule has 30 atom stereocenters. The van der Waals surface area contributed by atoms with Crippen molar-refractivity contribution < 1.29 is 153 Å². The molecule has 22 fully saturated rings. The van der Waals surface area contributed by atoms with Gasteiger partial charge in [-0.3, -0.25) is 4.98 Å². The highest BCUT2D eigenvalue weighted by atomic mass is 16.8. The highest BCUT2D eigenvalue weighted by Crippen LogP contribution is 2.38. The molecule has 0 unspecified atom stereocenters. The highest BCUT2D eigenvalue weighted by Gasteiger charge is 2.59. The standard InChI is InChI=1S/C42H63NO31/c44-5-12-29-18(50)23(55)37(62-12)70-30-13(6-45)64-39(25(57)20(30)52)72-32-15(8-47)66-41(27(59)22(32)54)74-34-17(10-49)67-42(28(60)35(34)68-36(61)11-2-1-3-43-4-11)73-33-16(9-48)65-40(26(58)21(33)53)71-31-14(7-46)63-38(69-29)24(56)19(31)51/h1-4,12-35,37-42,44-60H,5-10H2/t12-,13-,14-,15-,16-,17-,18-,19-,20-,21-,22-,23-,24-,25-,26-,27-,28-,29-,30-,31-,32-,33-,34+,35-,37-,38-,39-,40-,41-,42-/m1/s1. The third kappa shape index (κ3) is 11.3. The number of hydrogen-bond donors (Lipinski definition) is 17. The Kier molecular flexibility index (Phi) is 19.2. The van der Waals surface area contributed by atoms with Gasteiger partial charge in [0.2, 0.25) is 0 Å². The van der Waals surface area contributed by atoms with Crippen molar-refractivity contribution in [1.29, 1.82) is 0 Å². The van der Waals surface area contributed by atoms with Crippen LogP contribution in [0.15, 0.2) is 24.5 Å². The number of esters is 1. The van der Waals surface area contributed by atoms with Crippen LogP contribution in [0.2, 0.25) is 0 Å². The van der Waals surface area contributed by atoms with Crippen LogP contribution in [-0.2, 0) is 61.6 Å². The molecule has 22 saturated heterocycles. The molecule has 1 aromatic heterocycles. The molecule has 0 radical (unpaired) electrons. The van der Waals surface area contributed by atoms with Crippen molar-refractivity contribution in [1.82, 2.24) is 4.98 Å². The van der Waals surface area contributed by atoms with Crippen molar-refractivity contribution in [3.8, 4) is 0 Å². The van der Waals surface area contributed by atoms with E-state index >= 15 is 0 Å². The van der Waals surface area contributed by atoms with Crippen molar-refractivity contribution in [2.75, 3.05) is 39.6 Å². The lowest BCUT2D eigenvalue weighted by Crippen LogP contribution is -2.69. The summed E-state index contributed by atoms with van der Waals surface area (Å²) in [5, 5.41) is 188. The number of carbonyl (C=O) groups is 1. The van der Waals surface area contributed by atoms with Crippen molar-refractivity contribution >= 4 is 5.97 Å². The second kappa shape index (κ2) is 24.6. The van der Waals surface area contributed by atoms with E-state index in [1.54, 1.807) is 0 Å². The molecule has 0 aliphatic carbocycles. The summed E-state index contributed by atoms with van der Waals surface area (Å²) in [5.41, 5.74) is -0.181. The molecular formula is C42H63NO31. The van der Waals surface area contributed by atoms with E-state index < -0.39 is 230 Å². The minimum atomic E-state index is -2.23. The summed E-state index contributed by atoms with van der Waals surface area (Å²) in [5.74, 6) is -1.16. The summed E-state index contributed by atoms with van der Waals surface area (Å²) in [7, 11) is 0. The van der Waals surface area contributed by atoms with Gasteiger partial charge in [-0.1, -0.05) is 0 Å². The van der Waals surface area contributed by atoms with Crippen LogP contribution in [0, 0.1) is 0 Å². The third-order valence-electron chi connectivity index (χ3n) is 13.8. The smallest absolute Gasteiger partial charge is 0.340 e. The van der Waals surface area contributed by atoms with Gasteiger partial charge in [-0.15, -0.1) is 0 Å². The van der Waals surface area contributed by atoms with Gasteiger partial charge in [-0.2, -0.15) is 0 Å². The van der Waals surface area contributed by atoms with Crippen molar-refractivity contribution in [2.24, 2.45) is 0 Å². The van der Waals surface area contributed by atoms with E-state index in [0.29, 0.717) is 0 Å². The molecule has 17 N–H and O–H groups in total. The summed E-state index contributed by atoms with van der Waals surface area (Å²) in [6.07, 6.45) is -57.4. The molecule has 32 nitrogen and oxygen atoms in total. The summed E-state index contributed by atoms with van der Waals surface area (Å²) in [4.78, 5) is 17.4. The van der Waals surface area contributed by atoms with Gasteiger partial charge < -0.3 is 148 Å². The van der Waals surface area contributed by atoms with E-state index in [9.17, 15) is 91.6 Å². The molecule has 12 bridgehead atoms. The SMILES string of the molecule is O=C(O[C@@H]1[C@@H](O)[C@H]2O[C@H]3[C@H](O)[C@@H](O)[C@@H](O[C@H]4[C@H](O)[C@@H](O)[C@@H](O[C@H]5[C@H](O)[C@@H](O)[C@@H](O[C@H]6[C@H](O)[C@@H](O)[C@@H](O[C@H]7[C@H](O)[C@@H](O)[C@@H](O[C@H]1[C@@H](CO)O2)O[C@@H]7CO)O[C@@H]6CO)O[C@@H]5CO)O[C@@H]4CO)O[C@@H]3CO)c1cccnc1. The monoisotopic (exact) mass is 1080 g/mol. The molecule has 0 aromatic carbocycles. The summed E-state index contributed by atoms with van der Waals surface area (Å²) in [6.45, 7) is -6.21. The van der Waals surface area contributed by atoms with E-state index in [2.05, 4.69) is 4.98 Å². The molecule has 0 spiro atoms. The Morgan fingerprint density at radius 3 is 0.892 bits per heavy atom. The maximum Gasteiger partial charge on any atom is 0.340 e. The predicted octanol–water partition coefficient (Wildman–Crippen LogP) is -11.8. The fraction of sp³-hybridized carbons (Fsp3) is 0.857. The number of pyridine rings is 1. The van der Waals surface area contributed by atoms with E-state index in [-0.39, 0.29) is 5.56 Å². The minimum Gasteiger partial charge on any atom is -0.453 e. The van der Waals surface area contributed by atoms with Crippen molar-refractivity contribution in [3.63, 3.8) is 0 Å². The molecule has 23 rings (SSSR count). The quantitative estimate of drug-likeness (QED) is 0.108. The maximum absolute atomic E-state index is 13.5. The molecule has 23 heterocycles. The maximum atomic E-state index is 13.5. The van der Waals surface area contributed by atoms with E-state index in [1.165, 1.54) is 18.3 Å². The number of rotatable bonds is 8. The molecule has 1 aromatic rings. The van der Waals surface area contributed by atoms with Crippen LogP contribution in [0.4, 0.5) is 0 Å². The highest BCUT2D eigenvalue weighted by molar-refractivity contribution is 5.89. The van der Waals surface area contributed by atoms with Crippen molar-refractivity contribution in [2.45, 2.75) is 184 Å². The number of aliphatic hydroxyl groups excluding tert-OH is 17. The van der Waals surface area contributed by atoms with E-state index in [4.69, 9.17) is 61.6 Å². The van der Waals surface area contributed by atoms with Crippen LogP contribution < -0.4 is 0 Å². The minimum absolute atomic E-state index is 0.181. The number of aliphatic hydroxyl groups is 17. The summed E-state index contributed by atoms with van der Waals surface area (Å²) >= 11 is 0. The lowest BCUT2D eigenvalue weighted by molar-refractivity contribution is -0.403. The summed E-state index contributed by atoms with van der Waals surface area (Å²) in [6, 6.07) is 2.65. The van der Waals surface area contributed by atoms with Crippen molar-refractivity contribution in [3.05, 3.63) is 30.1 Å². The largest absolute Gasteiger partial charge is 0.453 e. The third-order valence-corrected chi connectivity index (χ3v) is 13.8. The number of carbonyl (C=O) groups excluding carboxylic acids is 1. The van der Waals surface area contributed by atoms with E-state index in [0.717, 1.165) is 6.20 Å². The lowest BCUT2D eigenvalue weighted by Gasteiger charge is -2.51. The molecular weight excluding hydrogens is 1010 g/mol. The Hall–Kier alpha value is -2.54. The fourth-order valence-corrected chi connectivity index (χ4v) is 9.72. The van der Waals surface area contributed by atoms with Crippen LogP contribution >= 0.6 is 0 Å². The van der Waals surface area contributed by atoms with Gasteiger partial charge in [0.25, 0.3) is 0 Å². The second-order valence-electron chi connectivity index (χ2n) is 18.5. The lowest BCUT2D eigenvalue weighted by atomic mass is 9.94. The summed E-state index contributed by atoms with van der Waals surface area (Å²) < 4.78 is 74.8. The first-order valence-electron chi connectivity index (χ1n) is 23.5. The van der Waals surface area contributed by atoms with Crippen LogP contribution in [0.1, 0.15) is 10.4 Å². The first-order valence-corrected chi connectivity index (χ1v) is 23.5. The molecule has 74 heavy (non-hydrogen) atoms. The second-order valence-corrected chi connectivity index (χ2v) is 18.5. The molecule has 422 valence electrons. The molecule has 22 aliphatic heterocycles. The van der Waals surface area contributed by atoms with Crippen LogP contribution in [0.5, 0.6) is 0 Å². The Morgan fingerprint density at radius 1 is 0.378 bits per heavy atom. The topological polar surface area (TPSA) is 494 Å². The number of aromatic nitrogens is 1. The zero-order valence-corrected chi connectivity index (χ0v) is 38.6. The first-order chi connectivity index (χ1) is 35.4. The Balaban J connectivity index is 1.13. The van der Waals surface area contributed by atoms with Gasteiger partial charge in [-0.05, 0) is 12.1 Å². The van der Waals surface area contributed by atoms with Gasteiger partial charge in [0.15, 0.2) is 43.8 Å². The average molecular weight is 1080 g/mol. The Morgan fingerprint density at radius 2 is 0.635 bits per heavy atom. The first kappa shape index (κ1) is 57.6. The number of ether oxygens (including phenoxy) is 13. The fourth-order valence-electron chi connectivity index (χ4n) is 9.72. The predicted molar refractivity (Wildman–Crippen MR) is 223 cm³/mol. The Bertz CT molecular complexity index is 1920. The van der Waals surface area contributed by atoms with Crippen LogP contribution in [0.25, 0.3) is 0 Å². The van der Waals surface area contributed by atoms with Gasteiger partial charge in [0.1, 0.15) is 140 Å². The zero-order chi connectivity index (χ0) is 53.4. The van der Waals surface area contributed by atoms with Gasteiger partial charge >= 0.3 is 5.97 Å². The van der Waals surface area contributed by atoms with Gasteiger partial charge in [0, 0.05) is 12.4 Å². The van der Waals surface area contributed by atoms with Gasteiger partial charge in [-0.25, -0.2) is 4.79 Å². The zero-order valence-electron chi connectivity index (χ0n) is 38.6. The van der Waals surface area contributed by atoms with E-state index in [1.807, 2.05) is 0 Å². The Labute approximate surface area is 417 Å². The number of nitrogens with zero attached hydrogens (tertiary/aromatic N) is 1. The van der Waals surface area contributed by atoms with Crippen LogP contribution in [-0.4, -0.2) is 322 Å². The molecule has 0 amide bonds.